The minimum atomic E-state index is 0.955. The fraction of sp³-hybridized carbons (Fsp3) is 0.333. The van der Waals surface area contributed by atoms with Crippen LogP contribution >= 0.6 is 11.3 Å². The molecule has 90 valence electrons. The molecule has 0 spiro atoms. The highest BCUT2D eigenvalue weighted by Crippen LogP contribution is 2.34. The maximum Gasteiger partial charge on any atom is 0.0378 e. The fourth-order valence-electron chi connectivity index (χ4n) is 2.06. The van der Waals surface area contributed by atoms with Crippen LogP contribution in [0.25, 0.3) is 10.4 Å². The minimum Gasteiger partial charge on any atom is -0.315 e. The van der Waals surface area contributed by atoms with Crippen molar-refractivity contribution in [1.29, 1.82) is 0 Å². The second-order valence-electron chi connectivity index (χ2n) is 4.57. The van der Waals surface area contributed by atoms with Crippen LogP contribution in [-0.2, 0) is 6.54 Å². The van der Waals surface area contributed by atoms with Crippen LogP contribution in [0.2, 0.25) is 0 Å². The van der Waals surface area contributed by atoms with E-state index < -0.39 is 0 Å². The first-order chi connectivity index (χ1) is 8.11. The predicted molar refractivity (Wildman–Crippen MR) is 76.7 cm³/mol. The van der Waals surface area contributed by atoms with Crippen LogP contribution in [0.1, 0.15) is 21.6 Å². The van der Waals surface area contributed by atoms with Gasteiger partial charge in [0, 0.05) is 16.3 Å². The van der Waals surface area contributed by atoms with E-state index in [1.54, 1.807) is 0 Å². The van der Waals surface area contributed by atoms with Gasteiger partial charge in [-0.1, -0.05) is 23.8 Å². The Morgan fingerprint density at radius 2 is 1.82 bits per heavy atom. The lowest BCUT2D eigenvalue weighted by molar-refractivity contribution is 0.831. The third-order valence-electron chi connectivity index (χ3n) is 2.96. The molecule has 1 nitrogen and oxygen atoms in total. The quantitative estimate of drug-likeness (QED) is 0.860. The Bertz CT molecular complexity index is 526. The lowest BCUT2D eigenvalue weighted by Crippen LogP contribution is -2.02. The Morgan fingerprint density at radius 3 is 2.53 bits per heavy atom. The second-order valence-corrected chi connectivity index (χ2v) is 5.71. The van der Waals surface area contributed by atoms with E-state index in [0.717, 1.165) is 6.54 Å². The number of rotatable bonds is 3. The molecule has 0 atom stereocenters. The number of nitrogens with one attached hydrogen (secondary N) is 1. The van der Waals surface area contributed by atoms with Gasteiger partial charge in [0.05, 0.1) is 0 Å². The van der Waals surface area contributed by atoms with Crippen LogP contribution in [0.5, 0.6) is 0 Å². The topological polar surface area (TPSA) is 12.0 Å². The third kappa shape index (κ3) is 2.59. The van der Waals surface area contributed by atoms with Crippen molar-refractivity contribution >= 4 is 11.3 Å². The maximum absolute atomic E-state index is 3.21. The first kappa shape index (κ1) is 12.3. The van der Waals surface area contributed by atoms with Crippen molar-refractivity contribution in [1.82, 2.24) is 5.32 Å². The molecule has 2 aromatic rings. The molecule has 0 unspecified atom stereocenters. The van der Waals surface area contributed by atoms with Gasteiger partial charge in [-0.05, 0) is 50.6 Å². The van der Waals surface area contributed by atoms with Crippen LogP contribution in [0.15, 0.2) is 24.3 Å². The molecular formula is C15H19NS. The first-order valence-electron chi connectivity index (χ1n) is 5.93. The standard InChI is InChI=1S/C15H19NS/c1-10-5-6-11(2)14(7-10)15-12(3)8-13(17-15)9-16-4/h5-8,16H,9H2,1-4H3. The van der Waals surface area contributed by atoms with Crippen LogP contribution in [0.3, 0.4) is 0 Å². The molecular weight excluding hydrogens is 226 g/mol. The van der Waals surface area contributed by atoms with Crippen LogP contribution in [0.4, 0.5) is 0 Å². The van der Waals surface area contributed by atoms with E-state index in [1.807, 2.05) is 18.4 Å². The van der Waals surface area contributed by atoms with Crippen molar-refractivity contribution in [3.63, 3.8) is 0 Å². The van der Waals surface area contributed by atoms with Crippen molar-refractivity contribution in [3.8, 4) is 10.4 Å². The Morgan fingerprint density at radius 1 is 1.06 bits per heavy atom. The number of benzene rings is 1. The summed E-state index contributed by atoms with van der Waals surface area (Å²) in [6.45, 7) is 7.50. The molecule has 0 saturated carbocycles. The van der Waals surface area contributed by atoms with Gasteiger partial charge in [-0.25, -0.2) is 0 Å². The van der Waals surface area contributed by atoms with Crippen molar-refractivity contribution in [2.75, 3.05) is 7.05 Å². The van der Waals surface area contributed by atoms with Crippen molar-refractivity contribution in [3.05, 3.63) is 45.8 Å². The summed E-state index contributed by atoms with van der Waals surface area (Å²) in [7, 11) is 1.99. The van der Waals surface area contributed by atoms with E-state index in [4.69, 9.17) is 0 Å². The molecule has 0 bridgehead atoms. The summed E-state index contributed by atoms with van der Waals surface area (Å²) in [5.74, 6) is 0. The summed E-state index contributed by atoms with van der Waals surface area (Å²) in [6.07, 6.45) is 0. The van der Waals surface area contributed by atoms with Gasteiger partial charge in [0.15, 0.2) is 0 Å². The highest BCUT2D eigenvalue weighted by atomic mass is 32.1. The number of aryl methyl sites for hydroxylation is 3. The fourth-order valence-corrected chi connectivity index (χ4v) is 3.32. The maximum atomic E-state index is 3.21. The third-order valence-corrected chi connectivity index (χ3v) is 4.23. The molecule has 2 heteroatoms. The van der Waals surface area contributed by atoms with Crippen molar-refractivity contribution < 1.29 is 0 Å². The Hall–Kier alpha value is -1.12. The van der Waals surface area contributed by atoms with Gasteiger partial charge in [-0.15, -0.1) is 11.3 Å². The van der Waals surface area contributed by atoms with E-state index in [2.05, 4.69) is 50.4 Å². The molecule has 1 aromatic heterocycles. The van der Waals surface area contributed by atoms with Gasteiger partial charge in [-0.3, -0.25) is 0 Å². The summed E-state index contributed by atoms with van der Waals surface area (Å²) in [5.41, 5.74) is 5.45. The number of hydrogen-bond donors (Lipinski definition) is 1. The van der Waals surface area contributed by atoms with Crippen molar-refractivity contribution in [2.45, 2.75) is 27.3 Å². The molecule has 1 heterocycles. The summed E-state index contributed by atoms with van der Waals surface area (Å²) >= 11 is 1.90. The van der Waals surface area contributed by atoms with Gasteiger partial charge in [0.25, 0.3) is 0 Å². The molecule has 0 saturated heterocycles. The molecule has 0 aliphatic rings. The summed E-state index contributed by atoms with van der Waals surface area (Å²) in [6, 6.07) is 8.97. The van der Waals surface area contributed by atoms with E-state index in [-0.39, 0.29) is 0 Å². The summed E-state index contributed by atoms with van der Waals surface area (Å²) in [5, 5.41) is 3.21. The van der Waals surface area contributed by atoms with E-state index in [0.29, 0.717) is 0 Å². The molecule has 2 rings (SSSR count). The summed E-state index contributed by atoms with van der Waals surface area (Å²) < 4.78 is 0. The monoisotopic (exact) mass is 245 g/mol. The van der Waals surface area contributed by atoms with Gasteiger partial charge in [0.2, 0.25) is 0 Å². The molecule has 0 aliphatic heterocycles. The van der Waals surface area contributed by atoms with Gasteiger partial charge >= 0.3 is 0 Å². The Labute approximate surface area is 108 Å². The van der Waals surface area contributed by atoms with E-state index in [9.17, 15) is 0 Å². The van der Waals surface area contributed by atoms with E-state index >= 15 is 0 Å². The molecule has 0 fully saturated rings. The smallest absolute Gasteiger partial charge is 0.0378 e. The largest absolute Gasteiger partial charge is 0.315 e. The Balaban J connectivity index is 2.48. The average Bonchev–Trinajstić information content (AvgIpc) is 2.64. The van der Waals surface area contributed by atoms with Crippen molar-refractivity contribution in [2.24, 2.45) is 0 Å². The zero-order valence-electron chi connectivity index (χ0n) is 10.9. The molecule has 1 N–H and O–H groups in total. The zero-order valence-corrected chi connectivity index (χ0v) is 11.7. The molecule has 0 aliphatic carbocycles. The zero-order chi connectivity index (χ0) is 12.4. The second kappa shape index (κ2) is 5.03. The van der Waals surface area contributed by atoms with Crippen LogP contribution in [-0.4, -0.2) is 7.05 Å². The lowest BCUT2D eigenvalue weighted by Gasteiger charge is -2.06. The average molecular weight is 245 g/mol. The highest BCUT2D eigenvalue weighted by molar-refractivity contribution is 7.15. The normalized spacial score (nSPS) is 10.8. The molecule has 17 heavy (non-hydrogen) atoms. The minimum absolute atomic E-state index is 0.955. The first-order valence-corrected chi connectivity index (χ1v) is 6.75. The molecule has 1 aromatic carbocycles. The van der Waals surface area contributed by atoms with Crippen LogP contribution in [0, 0.1) is 20.8 Å². The lowest BCUT2D eigenvalue weighted by atomic mass is 10.0. The summed E-state index contributed by atoms with van der Waals surface area (Å²) in [4.78, 5) is 2.82. The molecule has 0 radical (unpaired) electrons. The van der Waals surface area contributed by atoms with E-state index in [1.165, 1.54) is 32.0 Å². The Kier molecular flexibility index (Phi) is 3.65. The highest BCUT2D eigenvalue weighted by Gasteiger charge is 2.09. The van der Waals surface area contributed by atoms with Gasteiger partial charge in [0.1, 0.15) is 0 Å². The van der Waals surface area contributed by atoms with Gasteiger partial charge < -0.3 is 5.32 Å². The SMILES string of the molecule is CNCc1cc(C)c(-c2cc(C)ccc2C)s1. The number of thiophene rings is 1. The predicted octanol–water partition coefficient (Wildman–Crippen LogP) is 4.06. The van der Waals surface area contributed by atoms with Gasteiger partial charge in [-0.2, -0.15) is 0 Å². The number of hydrogen-bond acceptors (Lipinski definition) is 2. The van der Waals surface area contributed by atoms with Crippen LogP contribution < -0.4 is 5.32 Å². The molecule has 0 amide bonds.